The molecule has 2 aromatic rings. The predicted octanol–water partition coefficient (Wildman–Crippen LogP) is 4.02. The molecule has 0 bridgehead atoms. The van der Waals surface area contributed by atoms with Gasteiger partial charge in [0.05, 0.1) is 0 Å². The molecule has 0 radical (unpaired) electrons. The van der Waals surface area contributed by atoms with E-state index >= 15 is 0 Å². The van der Waals surface area contributed by atoms with Crippen molar-refractivity contribution in [2.45, 2.75) is 6.18 Å². The Morgan fingerprint density at radius 1 is 1.00 bits per heavy atom. The summed E-state index contributed by atoms with van der Waals surface area (Å²) in [7, 11) is 0. The van der Waals surface area contributed by atoms with Gasteiger partial charge in [-0.25, -0.2) is 4.39 Å². The first-order valence-electron chi connectivity index (χ1n) is 5.70. The summed E-state index contributed by atoms with van der Waals surface area (Å²) in [5.74, 6) is -0.344. The number of rotatable bonds is 3. The summed E-state index contributed by atoms with van der Waals surface area (Å²) in [6, 6.07) is 9.87. The van der Waals surface area contributed by atoms with Gasteiger partial charge in [-0.05, 0) is 29.8 Å². The van der Waals surface area contributed by atoms with E-state index in [2.05, 4.69) is 4.74 Å². The van der Waals surface area contributed by atoms with E-state index in [9.17, 15) is 17.6 Å². The fraction of sp³-hybridized carbons (Fsp3) is 0.143. The zero-order valence-electron chi connectivity index (χ0n) is 10.2. The van der Waals surface area contributed by atoms with E-state index in [1.54, 1.807) is 0 Å². The number of hydrogen-bond acceptors (Lipinski definition) is 2. The number of nitrogens with two attached hydrogens (primary N) is 1. The normalized spacial score (nSPS) is 11.4. The SMILES string of the molecule is Nc1cc(OCC(F)(F)F)ccc1-c1ccc(F)cc1. The predicted molar refractivity (Wildman–Crippen MR) is 67.8 cm³/mol. The van der Waals surface area contributed by atoms with E-state index in [1.807, 2.05) is 0 Å². The number of halogens is 4. The topological polar surface area (TPSA) is 35.2 Å². The highest BCUT2D eigenvalue weighted by molar-refractivity contribution is 5.77. The summed E-state index contributed by atoms with van der Waals surface area (Å²) in [6.45, 7) is -1.37. The Labute approximate surface area is 112 Å². The van der Waals surface area contributed by atoms with Crippen molar-refractivity contribution in [2.24, 2.45) is 0 Å². The van der Waals surface area contributed by atoms with Gasteiger partial charge >= 0.3 is 6.18 Å². The highest BCUT2D eigenvalue weighted by atomic mass is 19.4. The quantitative estimate of drug-likeness (QED) is 0.683. The first kappa shape index (κ1) is 14.2. The van der Waals surface area contributed by atoms with Gasteiger partial charge in [0.25, 0.3) is 0 Å². The minimum atomic E-state index is -4.40. The van der Waals surface area contributed by atoms with Crippen LogP contribution in [0.1, 0.15) is 0 Å². The number of hydrogen-bond donors (Lipinski definition) is 1. The summed E-state index contributed by atoms with van der Waals surface area (Å²) >= 11 is 0. The van der Waals surface area contributed by atoms with Crippen LogP contribution in [-0.2, 0) is 0 Å². The number of alkyl halides is 3. The number of nitrogen functional groups attached to an aromatic ring is 1. The zero-order valence-corrected chi connectivity index (χ0v) is 10.2. The first-order chi connectivity index (χ1) is 9.35. The Balaban J connectivity index is 2.19. The molecule has 0 atom stereocenters. The highest BCUT2D eigenvalue weighted by Gasteiger charge is 2.28. The van der Waals surface area contributed by atoms with Gasteiger partial charge in [0.2, 0.25) is 0 Å². The Kier molecular flexibility index (Phi) is 3.83. The third kappa shape index (κ3) is 3.63. The van der Waals surface area contributed by atoms with Gasteiger partial charge in [-0.15, -0.1) is 0 Å². The highest BCUT2D eigenvalue weighted by Crippen LogP contribution is 2.30. The molecule has 20 heavy (non-hydrogen) atoms. The molecule has 0 aliphatic carbocycles. The van der Waals surface area contributed by atoms with E-state index < -0.39 is 12.8 Å². The summed E-state index contributed by atoms with van der Waals surface area (Å²) < 4.78 is 53.5. The lowest BCUT2D eigenvalue weighted by molar-refractivity contribution is -0.153. The molecule has 0 spiro atoms. The van der Waals surface area contributed by atoms with Crippen molar-refractivity contribution < 1.29 is 22.3 Å². The van der Waals surface area contributed by atoms with Crippen LogP contribution in [0.5, 0.6) is 5.75 Å². The van der Waals surface area contributed by atoms with Crippen LogP contribution in [0.25, 0.3) is 11.1 Å². The summed E-state index contributed by atoms with van der Waals surface area (Å²) in [5.41, 5.74) is 7.31. The van der Waals surface area contributed by atoms with Gasteiger partial charge in [-0.3, -0.25) is 0 Å². The van der Waals surface area contributed by atoms with Gasteiger partial charge in [0.15, 0.2) is 6.61 Å². The largest absolute Gasteiger partial charge is 0.484 e. The van der Waals surface area contributed by atoms with Crippen molar-refractivity contribution in [3.8, 4) is 16.9 Å². The fourth-order valence-corrected chi connectivity index (χ4v) is 1.69. The van der Waals surface area contributed by atoms with Crippen LogP contribution in [0.15, 0.2) is 42.5 Å². The van der Waals surface area contributed by atoms with Crippen LogP contribution in [0.3, 0.4) is 0 Å². The van der Waals surface area contributed by atoms with Crippen LogP contribution < -0.4 is 10.5 Å². The van der Waals surface area contributed by atoms with Crippen LogP contribution in [0.2, 0.25) is 0 Å². The second-order valence-corrected chi connectivity index (χ2v) is 4.16. The van der Waals surface area contributed by atoms with Crippen molar-refractivity contribution in [3.05, 3.63) is 48.3 Å². The van der Waals surface area contributed by atoms with Crippen LogP contribution in [0.4, 0.5) is 23.2 Å². The Morgan fingerprint density at radius 2 is 1.65 bits per heavy atom. The lowest BCUT2D eigenvalue weighted by Crippen LogP contribution is -2.19. The standard InChI is InChI=1S/C14H11F4NO/c15-10-3-1-9(2-4-10)12-6-5-11(7-13(12)19)20-8-14(16,17)18/h1-7H,8,19H2. The second-order valence-electron chi connectivity index (χ2n) is 4.16. The molecule has 106 valence electrons. The van der Waals surface area contributed by atoms with Crippen LogP contribution >= 0.6 is 0 Å². The lowest BCUT2D eigenvalue weighted by Gasteiger charge is -2.11. The van der Waals surface area contributed by atoms with Gasteiger partial charge in [-0.2, -0.15) is 13.2 Å². The third-order valence-corrected chi connectivity index (χ3v) is 2.58. The fourth-order valence-electron chi connectivity index (χ4n) is 1.69. The monoisotopic (exact) mass is 285 g/mol. The molecule has 0 saturated heterocycles. The van der Waals surface area contributed by atoms with Crippen molar-refractivity contribution in [3.63, 3.8) is 0 Å². The van der Waals surface area contributed by atoms with Gasteiger partial charge < -0.3 is 10.5 Å². The molecule has 2 rings (SSSR count). The number of benzene rings is 2. The van der Waals surface area contributed by atoms with Crippen molar-refractivity contribution >= 4 is 5.69 Å². The van der Waals surface area contributed by atoms with E-state index in [-0.39, 0.29) is 17.3 Å². The van der Waals surface area contributed by atoms with Crippen molar-refractivity contribution in [2.75, 3.05) is 12.3 Å². The van der Waals surface area contributed by atoms with Crippen LogP contribution in [0, 0.1) is 5.82 Å². The second kappa shape index (κ2) is 5.40. The summed E-state index contributed by atoms with van der Waals surface area (Å²) in [6.07, 6.45) is -4.40. The maximum Gasteiger partial charge on any atom is 0.422 e. The molecule has 0 amide bonds. The van der Waals surface area contributed by atoms with Crippen molar-refractivity contribution in [1.29, 1.82) is 0 Å². The van der Waals surface area contributed by atoms with E-state index in [0.717, 1.165) is 0 Å². The lowest BCUT2D eigenvalue weighted by atomic mass is 10.0. The summed E-state index contributed by atoms with van der Waals surface area (Å²) in [5, 5.41) is 0. The molecule has 2 nitrogen and oxygen atoms in total. The Morgan fingerprint density at radius 3 is 2.20 bits per heavy atom. The minimum Gasteiger partial charge on any atom is -0.484 e. The van der Waals surface area contributed by atoms with E-state index in [0.29, 0.717) is 11.1 Å². The molecule has 0 fully saturated rings. The molecular formula is C14H11F4NO. The van der Waals surface area contributed by atoms with Gasteiger partial charge in [0.1, 0.15) is 11.6 Å². The maximum atomic E-state index is 12.8. The van der Waals surface area contributed by atoms with Gasteiger partial charge in [-0.1, -0.05) is 12.1 Å². The molecule has 0 aliphatic rings. The van der Waals surface area contributed by atoms with Gasteiger partial charge in [0, 0.05) is 17.3 Å². The average molecular weight is 285 g/mol. The third-order valence-electron chi connectivity index (χ3n) is 2.58. The molecule has 0 heterocycles. The van der Waals surface area contributed by atoms with E-state index in [4.69, 9.17) is 5.73 Å². The Bertz CT molecular complexity index is 593. The number of ether oxygens (including phenoxy) is 1. The molecule has 0 unspecified atom stereocenters. The molecule has 2 N–H and O–H groups in total. The molecule has 6 heteroatoms. The molecule has 0 aliphatic heterocycles. The molecular weight excluding hydrogens is 274 g/mol. The Hall–Kier alpha value is -2.24. The zero-order chi connectivity index (χ0) is 14.8. The molecule has 0 saturated carbocycles. The van der Waals surface area contributed by atoms with Crippen molar-refractivity contribution in [1.82, 2.24) is 0 Å². The maximum absolute atomic E-state index is 12.8. The summed E-state index contributed by atoms with van der Waals surface area (Å²) in [4.78, 5) is 0. The average Bonchev–Trinajstić information content (AvgIpc) is 2.37. The minimum absolute atomic E-state index is 0.0330. The number of anilines is 1. The van der Waals surface area contributed by atoms with Crippen LogP contribution in [-0.4, -0.2) is 12.8 Å². The smallest absolute Gasteiger partial charge is 0.422 e. The molecule has 0 aromatic heterocycles. The molecule has 2 aromatic carbocycles. The first-order valence-corrected chi connectivity index (χ1v) is 5.70. The van der Waals surface area contributed by atoms with E-state index in [1.165, 1.54) is 42.5 Å².